The Kier molecular flexibility index (Phi) is 3.49. The summed E-state index contributed by atoms with van der Waals surface area (Å²) >= 11 is 0. The van der Waals surface area contributed by atoms with E-state index in [1.807, 2.05) is 26.1 Å². The van der Waals surface area contributed by atoms with E-state index in [0.29, 0.717) is 0 Å². The third-order valence-corrected chi connectivity index (χ3v) is 2.82. The first-order valence-electron chi connectivity index (χ1n) is 5.56. The molecule has 0 saturated heterocycles. The van der Waals surface area contributed by atoms with Crippen LogP contribution in [0.5, 0.6) is 0 Å². The number of rotatable bonds is 3. The lowest BCUT2D eigenvalue weighted by atomic mass is 10.0. The van der Waals surface area contributed by atoms with Gasteiger partial charge in [-0.1, -0.05) is 18.2 Å². The van der Waals surface area contributed by atoms with Gasteiger partial charge < -0.3 is 5.32 Å². The van der Waals surface area contributed by atoms with Gasteiger partial charge in [-0.2, -0.15) is 0 Å². The molecule has 1 aromatic carbocycles. The van der Waals surface area contributed by atoms with Crippen LogP contribution in [-0.2, 0) is 0 Å². The van der Waals surface area contributed by atoms with Gasteiger partial charge in [-0.15, -0.1) is 0 Å². The van der Waals surface area contributed by atoms with Crippen molar-refractivity contribution in [1.29, 1.82) is 0 Å². The topological polar surface area (TPSA) is 24.9 Å². The molecule has 3 heteroatoms. The zero-order valence-electron chi connectivity index (χ0n) is 9.94. The maximum Gasteiger partial charge on any atom is 0.123 e. The van der Waals surface area contributed by atoms with Crippen molar-refractivity contribution in [3.8, 4) is 0 Å². The van der Waals surface area contributed by atoms with Gasteiger partial charge in [-0.05, 0) is 43.3 Å². The number of nitrogens with one attached hydrogen (secondary N) is 1. The first kappa shape index (κ1) is 11.7. The van der Waals surface area contributed by atoms with E-state index in [0.717, 1.165) is 16.8 Å². The number of aryl methyl sites for hydroxylation is 1. The zero-order valence-corrected chi connectivity index (χ0v) is 9.94. The molecule has 17 heavy (non-hydrogen) atoms. The van der Waals surface area contributed by atoms with Crippen molar-refractivity contribution < 1.29 is 4.39 Å². The van der Waals surface area contributed by atoms with Crippen molar-refractivity contribution in [2.45, 2.75) is 13.0 Å². The van der Waals surface area contributed by atoms with Gasteiger partial charge in [0.1, 0.15) is 5.82 Å². The molecular weight excluding hydrogens is 215 g/mol. The van der Waals surface area contributed by atoms with Gasteiger partial charge in [0.25, 0.3) is 0 Å². The van der Waals surface area contributed by atoms with E-state index >= 15 is 0 Å². The van der Waals surface area contributed by atoms with E-state index in [2.05, 4.69) is 10.3 Å². The minimum absolute atomic E-state index is 0.00296. The zero-order chi connectivity index (χ0) is 12.3. The Morgan fingerprint density at radius 2 is 1.88 bits per heavy atom. The fourth-order valence-corrected chi connectivity index (χ4v) is 1.92. The van der Waals surface area contributed by atoms with Crippen molar-refractivity contribution in [3.63, 3.8) is 0 Å². The van der Waals surface area contributed by atoms with Crippen molar-refractivity contribution in [2.24, 2.45) is 0 Å². The van der Waals surface area contributed by atoms with Gasteiger partial charge in [-0.3, -0.25) is 4.98 Å². The van der Waals surface area contributed by atoms with Crippen LogP contribution in [0.25, 0.3) is 0 Å². The fourth-order valence-electron chi connectivity index (χ4n) is 1.92. The minimum atomic E-state index is -0.221. The Bertz CT molecular complexity index is 494. The van der Waals surface area contributed by atoms with Gasteiger partial charge in [0, 0.05) is 6.20 Å². The monoisotopic (exact) mass is 230 g/mol. The molecule has 1 aromatic heterocycles. The molecule has 0 fully saturated rings. The van der Waals surface area contributed by atoms with E-state index in [-0.39, 0.29) is 11.9 Å². The van der Waals surface area contributed by atoms with Crippen LogP contribution in [0, 0.1) is 12.7 Å². The summed E-state index contributed by atoms with van der Waals surface area (Å²) in [6.45, 7) is 2.02. The standard InChI is InChI=1S/C14H15FN2/c1-10-4-3-9-17-13(10)14(16-2)11-5-7-12(15)8-6-11/h3-9,14,16H,1-2H3. The first-order chi connectivity index (χ1) is 8.22. The van der Waals surface area contributed by atoms with Crippen LogP contribution < -0.4 is 5.32 Å². The summed E-state index contributed by atoms with van der Waals surface area (Å²) in [5.41, 5.74) is 3.11. The van der Waals surface area contributed by atoms with E-state index in [9.17, 15) is 4.39 Å². The van der Waals surface area contributed by atoms with Crippen LogP contribution in [0.1, 0.15) is 22.9 Å². The largest absolute Gasteiger partial charge is 0.308 e. The first-order valence-corrected chi connectivity index (χ1v) is 5.56. The summed E-state index contributed by atoms with van der Waals surface area (Å²) in [6.07, 6.45) is 1.77. The lowest BCUT2D eigenvalue weighted by Crippen LogP contribution is -2.19. The molecule has 0 amide bonds. The van der Waals surface area contributed by atoms with Crippen molar-refractivity contribution in [2.75, 3.05) is 7.05 Å². The van der Waals surface area contributed by atoms with Gasteiger partial charge in [0.15, 0.2) is 0 Å². The number of hydrogen-bond donors (Lipinski definition) is 1. The van der Waals surface area contributed by atoms with Crippen LogP contribution in [0.2, 0.25) is 0 Å². The predicted molar refractivity (Wildman–Crippen MR) is 66.3 cm³/mol. The second-order valence-electron chi connectivity index (χ2n) is 3.98. The quantitative estimate of drug-likeness (QED) is 0.877. The molecule has 1 unspecified atom stereocenters. The molecule has 1 atom stereocenters. The Balaban J connectivity index is 2.40. The summed E-state index contributed by atoms with van der Waals surface area (Å²) in [6, 6.07) is 10.4. The van der Waals surface area contributed by atoms with Crippen LogP contribution in [0.4, 0.5) is 4.39 Å². The summed E-state index contributed by atoms with van der Waals surface area (Å²) in [5, 5.41) is 3.21. The third kappa shape index (κ3) is 2.50. The fraction of sp³-hybridized carbons (Fsp3) is 0.214. The van der Waals surface area contributed by atoms with Gasteiger partial charge >= 0.3 is 0 Å². The van der Waals surface area contributed by atoms with E-state index in [4.69, 9.17) is 0 Å². The molecule has 0 bridgehead atoms. The summed E-state index contributed by atoms with van der Waals surface area (Å²) in [7, 11) is 1.88. The Labute approximate surface area is 101 Å². The van der Waals surface area contributed by atoms with E-state index < -0.39 is 0 Å². The molecule has 88 valence electrons. The van der Waals surface area contributed by atoms with E-state index in [1.165, 1.54) is 12.1 Å². The highest BCUT2D eigenvalue weighted by molar-refractivity contribution is 5.32. The number of benzene rings is 1. The molecule has 0 aliphatic carbocycles. The number of pyridine rings is 1. The van der Waals surface area contributed by atoms with Crippen LogP contribution in [0.15, 0.2) is 42.6 Å². The second kappa shape index (κ2) is 5.06. The summed E-state index contributed by atoms with van der Waals surface area (Å²) < 4.78 is 12.9. The highest BCUT2D eigenvalue weighted by Gasteiger charge is 2.14. The maximum atomic E-state index is 12.9. The predicted octanol–water partition coefficient (Wildman–Crippen LogP) is 2.84. The van der Waals surface area contributed by atoms with Gasteiger partial charge in [0.05, 0.1) is 11.7 Å². The van der Waals surface area contributed by atoms with Crippen molar-refractivity contribution in [1.82, 2.24) is 10.3 Å². The lowest BCUT2D eigenvalue weighted by molar-refractivity contribution is 0.621. The Morgan fingerprint density at radius 1 is 1.18 bits per heavy atom. The highest BCUT2D eigenvalue weighted by atomic mass is 19.1. The number of halogens is 1. The molecule has 2 aromatic rings. The smallest absolute Gasteiger partial charge is 0.123 e. The normalized spacial score (nSPS) is 12.4. The van der Waals surface area contributed by atoms with Crippen LogP contribution in [-0.4, -0.2) is 12.0 Å². The van der Waals surface area contributed by atoms with Gasteiger partial charge in [-0.25, -0.2) is 4.39 Å². The molecular formula is C14H15FN2. The molecule has 1 heterocycles. The maximum absolute atomic E-state index is 12.9. The van der Waals surface area contributed by atoms with Crippen LogP contribution in [0.3, 0.4) is 0 Å². The second-order valence-corrected chi connectivity index (χ2v) is 3.98. The van der Waals surface area contributed by atoms with Gasteiger partial charge in [0.2, 0.25) is 0 Å². The average Bonchev–Trinajstić information content (AvgIpc) is 2.35. The molecule has 2 rings (SSSR count). The van der Waals surface area contributed by atoms with Crippen LogP contribution >= 0.6 is 0 Å². The molecule has 0 radical (unpaired) electrons. The Hall–Kier alpha value is -1.74. The molecule has 2 nitrogen and oxygen atoms in total. The van der Waals surface area contributed by atoms with Crippen molar-refractivity contribution >= 4 is 0 Å². The Morgan fingerprint density at radius 3 is 2.47 bits per heavy atom. The molecule has 0 aliphatic rings. The third-order valence-electron chi connectivity index (χ3n) is 2.82. The molecule has 0 aliphatic heterocycles. The SMILES string of the molecule is CNC(c1ccc(F)cc1)c1ncccc1C. The minimum Gasteiger partial charge on any atom is -0.308 e. The highest BCUT2D eigenvalue weighted by Crippen LogP contribution is 2.22. The average molecular weight is 230 g/mol. The molecule has 0 spiro atoms. The summed E-state index contributed by atoms with van der Waals surface area (Å²) in [4.78, 5) is 4.39. The number of aromatic nitrogens is 1. The summed E-state index contributed by atoms with van der Waals surface area (Å²) in [5.74, 6) is -0.221. The molecule has 1 N–H and O–H groups in total. The number of hydrogen-bond acceptors (Lipinski definition) is 2. The molecule has 0 saturated carbocycles. The van der Waals surface area contributed by atoms with Crippen molar-refractivity contribution in [3.05, 3.63) is 65.2 Å². The van der Waals surface area contributed by atoms with E-state index in [1.54, 1.807) is 18.3 Å². The lowest BCUT2D eigenvalue weighted by Gasteiger charge is -2.18. The number of nitrogens with zero attached hydrogens (tertiary/aromatic N) is 1.